The third-order valence-electron chi connectivity index (χ3n) is 4.51. The van der Waals surface area contributed by atoms with Crippen molar-refractivity contribution in [1.82, 2.24) is 19.7 Å². The van der Waals surface area contributed by atoms with Gasteiger partial charge in [-0.2, -0.15) is 5.10 Å². The van der Waals surface area contributed by atoms with E-state index in [1.807, 2.05) is 51.3 Å². The Balaban J connectivity index is 1.96. The Morgan fingerprint density at radius 2 is 1.96 bits per heavy atom. The standard InChI is InChI=1S/C19H18ClN5O/c1-10-17-11(9-25(4)23-17)5-14(18(10)26)16-7-15(20)13-6-12(24(2)3)8-21-19(13)22-16/h5-9,26H,1-4H3. The van der Waals surface area contributed by atoms with Crippen molar-refractivity contribution in [2.24, 2.45) is 7.05 Å². The predicted molar refractivity (Wildman–Crippen MR) is 105 cm³/mol. The molecule has 3 heterocycles. The highest BCUT2D eigenvalue weighted by Gasteiger charge is 2.16. The second-order valence-electron chi connectivity index (χ2n) is 6.59. The van der Waals surface area contributed by atoms with E-state index in [1.54, 1.807) is 16.9 Å². The molecule has 1 aromatic carbocycles. The number of hydrogen-bond donors (Lipinski definition) is 1. The number of phenols is 1. The minimum absolute atomic E-state index is 0.157. The van der Waals surface area contributed by atoms with E-state index < -0.39 is 0 Å². The minimum atomic E-state index is 0.157. The number of pyridine rings is 2. The van der Waals surface area contributed by atoms with Gasteiger partial charge in [0.25, 0.3) is 0 Å². The van der Waals surface area contributed by atoms with Crippen molar-refractivity contribution in [3.8, 4) is 17.0 Å². The van der Waals surface area contributed by atoms with Gasteiger partial charge in [0.05, 0.1) is 28.1 Å². The summed E-state index contributed by atoms with van der Waals surface area (Å²) in [6.45, 7) is 1.85. The van der Waals surface area contributed by atoms with Gasteiger partial charge in [-0.05, 0) is 25.1 Å². The van der Waals surface area contributed by atoms with Crippen molar-refractivity contribution in [2.75, 3.05) is 19.0 Å². The summed E-state index contributed by atoms with van der Waals surface area (Å²) in [5, 5.41) is 17.3. The van der Waals surface area contributed by atoms with Gasteiger partial charge >= 0.3 is 0 Å². The fourth-order valence-corrected chi connectivity index (χ4v) is 3.32. The van der Waals surface area contributed by atoms with Crippen LogP contribution in [0.5, 0.6) is 5.75 Å². The molecular formula is C19H18ClN5O. The molecule has 4 aromatic rings. The lowest BCUT2D eigenvalue weighted by Crippen LogP contribution is -2.08. The molecule has 4 rings (SSSR count). The third-order valence-corrected chi connectivity index (χ3v) is 4.83. The number of benzene rings is 1. The number of hydrogen-bond acceptors (Lipinski definition) is 5. The molecule has 0 radical (unpaired) electrons. The van der Waals surface area contributed by atoms with Crippen molar-refractivity contribution in [1.29, 1.82) is 0 Å². The Hall–Kier alpha value is -2.86. The first kappa shape index (κ1) is 16.6. The van der Waals surface area contributed by atoms with Crippen LogP contribution < -0.4 is 4.90 Å². The SMILES string of the molecule is Cc1c(O)c(-c2cc(Cl)c3cc(N(C)C)cnc3n2)cc2cn(C)nc12. The van der Waals surface area contributed by atoms with E-state index in [4.69, 9.17) is 11.6 Å². The van der Waals surface area contributed by atoms with Gasteiger partial charge in [-0.1, -0.05) is 11.6 Å². The number of fused-ring (bicyclic) bond motifs is 2. The molecule has 0 amide bonds. The van der Waals surface area contributed by atoms with Crippen molar-refractivity contribution < 1.29 is 5.11 Å². The number of aryl methyl sites for hydroxylation is 2. The monoisotopic (exact) mass is 367 g/mol. The molecule has 6 nitrogen and oxygen atoms in total. The van der Waals surface area contributed by atoms with E-state index in [9.17, 15) is 5.11 Å². The van der Waals surface area contributed by atoms with Crippen molar-refractivity contribution in [3.63, 3.8) is 0 Å². The highest BCUT2D eigenvalue weighted by Crippen LogP contribution is 2.38. The van der Waals surface area contributed by atoms with Crippen molar-refractivity contribution in [3.05, 3.63) is 41.2 Å². The van der Waals surface area contributed by atoms with E-state index >= 15 is 0 Å². The van der Waals surface area contributed by atoms with Crippen molar-refractivity contribution >= 4 is 39.2 Å². The maximum atomic E-state index is 10.7. The summed E-state index contributed by atoms with van der Waals surface area (Å²) in [6, 6.07) is 5.60. The van der Waals surface area contributed by atoms with Crippen LogP contribution in [0.4, 0.5) is 5.69 Å². The molecule has 0 saturated carbocycles. The third kappa shape index (κ3) is 2.54. The van der Waals surface area contributed by atoms with Crippen LogP contribution >= 0.6 is 11.6 Å². The average molecular weight is 368 g/mol. The van der Waals surface area contributed by atoms with Gasteiger partial charge in [0, 0.05) is 49.2 Å². The average Bonchev–Trinajstić information content (AvgIpc) is 2.98. The van der Waals surface area contributed by atoms with E-state index in [0.717, 1.165) is 22.0 Å². The lowest BCUT2D eigenvalue weighted by Gasteiger charge is -2.13. The number of aromatic nitrogens is 4. The molecule has 0 aliphatic rings. The molecule has 1 N–H and O–H groups in total. The first-order valence-electron chi connectivity index (χ1n) is 8.15. The van der Waals surface area contributed by atoms with Gasteiger partial charge in [0.15, 0.2) is 5.65 Å². The van der Waals surface area contributed by atoms with Crippen LogP contribution in [0.15, 0.2) is 30.6 Å². The number of phenolic OH excluding ortho intramolecular Hbond substituents is 1. The number of aromatic hydroxyl groups is 1. The fraction of sp³-hybridized carbons (Fsp3) is 0.211. The van der Waals surface area contributed by atoms with Gasteiger partial charge in [-0.15, -0.1) is 0 Å². The minimum Gasteiger partial charge on any atom is -0.507 e. The number of rotatable bonds is 2. The first-order chi connectivity index (χ1) is 12.3. The van der Waals surface area contributed by atoms with Crippen molar-refractivity contribution in [2.45, 2.75) is 6.92 Å². The number of nitrogens with zero attached hydrogens (tertiary/aromatic N) is 5. The maximum Gasteiger partial charge on any atom is 0.161 e. The fourth-order valence-electron chi connectivity index (χ4n) is 3.08. The molecule has 0 bridgehead atoms. The zero-order valence-electron chi connectivity index (χ0n) is 14.9. The predicted octanol–water partition coefficient (Wildman–Crippen LogP) is 3.92. The summed E-state index contributed by atoms with van der Waals surface area (Å²) in [4.78, 5) is 11.0. The largest absolute Gasteiger partial charge is 0.507 e. The Labute approximate surface area is 155 Å². The summed E-state index contributed by atoms with van der Waals surface area (Å²) >= 11 is 6.51. The Morgan fingerprint density at radius 3 is 2.69 bits per heavy atom. The Bertz CT molecular complexity index is 1170. The summed E-state index contributed by atoms with van der Waals surface area (Å²) in [5.41, 5.74) is 4.18. The smallest absolute Gasteiger partial charge is 0.161 e. The van der Waals surface area contributed by atoms with Crippen LogP contribution in [0.25, 0.3) is 33.2 Å². The second-order valence-corrected chi connectivity index (χ2v) is 6.99. The van der Waals surface area contributed by atoms with E-state index in [2.05, 4.69) is 15.1 Å². The molecule has 7 heteroatoms. The van der Waals surface area contributed by atoms with E-state index in [0.29, 0.717) is 27.5 Å². The molecule has 0 unspecified atom stereocenters. The molecular weight excluding hydrogens is 350 g/mol. The zero-order chi connectivity index (χ0) is 18.6. The normalized spacial score (nSPS) is 11.4. The molecule has 3 aromatic heterocycles. The lowest BCUT2D eigenvalue weighted by molar-refractivity contribution is 0.474. The quantitative estimate of drug-likeness (QED) is 0.581. The molecule has 0 aliphatic carbocycles. The molecule has 0 atom stereocenters. The summed E-state index contributed by atoms with van der Waals surface area (Å²) in [5.74, 6) is 0.157. The van der Waals surface area contributed by atoms with Crippen LogP contribution in [0.2, 0.25) is 5.02 Å². The van der Waals surface area contributed by atoms with Crippen LogP contribution in [-0.2, 0) is 7.05 Å². The highest BCUT2D eigenvalue weighted by molar-refractivity contribution is 6.35. The Morgan fingerprint density at radius 1 is 1.19 bits per heavy atom. The first-order valence-corrected chi connectivity index (χ1v) is 8.53. The van der Waals surface area contributed by atoms with E-state index in [-0.39, 0.29) is 5.75 Å². The zero-order valence-corrected chi connectivity index (χ0v) is 15.7. The summed E-state index contributed by atoms with van der Waals surface area (Å²) in [6.07, 6.45) is 3.67. The van der Waals surface area contributed by atoms with Gasteiger partial charge in [-0.3, -0.25) is 4.68 Å². The molecule has 0 saturated heterocycles. The van der Waals surface area contributed by atoms with E-state index in [1.165, 1.54) is 0 Å². The maximum absolute atomic E-state index is 10.7. The van der Waals surface area contributed by atoms with Gasteiger partial charge in [0.1, 0.15) is 5.75 Å². The molecule has 132 valence electrons. The van der Waals surface area contributed by atoms with Crippen LogP contribution in [-0.4, -0.2) is 39.0 Å². The Kier molecular flexibility index (Phi) is 3.73. The molecule has 0 aliphatic heterocycles. The highest BCUT2D eigenvalue weighted by atomic mass is 35.5. The molecule has 26 heavy (non-hydrogen) atoms. The van der Waals surface area contributed by atoms with Crippen LogP contribution in [0, 0.1) is 6.92 Å². The van der Waals surface area contributed by atoms with Gasteiger partial charge in [-0.25, -0.2) is 9.97 Å². The van der Waals surface area contributed by atoms with Crippen LogP contribution in [0.1, 0.15) is 5.56 Å². The second kappa shape index (κ2) is 5.85. The van der Waals surface area contributed by atoms with Gasteiger partial charge in [0.2, 0.25) is 0 Å². The number of halogens is 1. The molecule has 0 spiro atoms. The summed E-state index contributed by atoms with van der Waals surface area (Å²) in [7, 11) is 5.75. The molecule has 0 fully saturated rings. The topological polar surface area (TPSA) is 67.1 Å². The summed E-state index contributed by atoms with van der Waals surface area (Å²) < 4.78 is 1.73. The van der Waals surface area contributed by atoms with Gasteiger partial charge < -0.3 is 10.0 Å². The van der Waals surface area contributed by atoms with Crippen LogP contribution in [0.3, 0.4) is 0 Å². The lowest BCUT2D eigenvalue weighted by atomic mass is 10.0. The number of anilines is 1.